The zero-order valence-corrected chi connectivity index (χ0v) is 25.1. The Morgan fingerprint density at radius 1 is 1.20 bits per heavy atom. The molecular formula is C30H45NO8S. The zero-order valence-electron chi connectivity index (χ0n) is 24.3. The van der Waals surface area contributed by atoms with Crippen molar-refractivity contribution in [3.63, 3.8) is 0 Å². The van der Waals surface area contributed by atoms with Crippen LogP contribution in [0.25, 0.3) is 6.08 Å². The maximum Gasteiger partial charge on any atom is 0.309 e. The molecule has 1 saturated heterocycles. The largest absolute Gasteiger partial charge is 0.457 e. The Bertz CT molecular complexity index is 1060. The summed E-state index contributed by atoms with van der Waals surface area (Å²) in [5.41, 5.74) is 1.30. The molecule has 0 saturated carbocycles. The van der Waals surface area contributed by atoms with Gasteiger partial charge < -0.3 is 29.5 Å². The van der Waals surface area contributed by atoms with Crippen molar-refractivity contribution in [2.24, 2.45) is 17.3 Å². The summed E-state index contributed by atoms with van der Waals surface area (Å²) in [5.74, 6) is -1.72. The molecule has 0 amide bonds. The number of carbonyl (C=O) groups is 2. The number of Topliss-reactive ketones (excluding diaryl/α,β-unsaturated/α-hetero) is 1. The van der Waals surface area contributed by atoms with E-state index in [1.54, 1.807) is 20.8 Å². The van der Waals surface area contributed by atoms with E-state index in [9.17, 15) is 24.9 Å². The molecule has 3 heterocycles. The van der Waals surface area contributed by atoms with Gasteiger partial charge in [-0.25, -0.2) is 4.98 Å². The van der Waals surface area contributed by atoms with Crippen LogP contribution in [0.1, 0.15) is 83.8 Å². The minimum absolute atomic E-state index is 0.121. The third-order valence-corrected chi connectivity index (χ3v) is 8.95. The van der Waals surface area contributed by atoms with Crippen molar-refractivity contribution < 1.29 is 39.1 Å². The Morgan fingerprint density at radius 2 is 1.90 bits per heavy atom. The first-order valence-electron chi connectivity index (χ1n) is 14.2. The Balaban J connectivity index is 1.92. The third kappa shape index (κ3) is 8.77. The van der Waals surface area contributed by atoms with Gasteiger partial charge in [-0.1, -0.05) is 39.3 Å². The van der Waals surface area contributed by atoms with Crippen LogP contribution in [0.3, 0.4) is 0 Å². The van der Waals surface area contributed by atoms with E-state index in [-0.39, 0.29) is 31.0 Å². The van der Waals surface area contributed by atoms with Gasteiger partial charge in [0.2, 0.25) is 0 Å². The molecule has 1 aromatic rings. The molecule has 9 nitrogen and oxygen atoms in total. The van der Waals surface area contributed by atoms with E-state index in [4.69, 9.17) is 14.2 Å². The van der Waals surface area contributed by atoms with E-state index in [1.807, 2.05) is 25.3 Å². The molecule has 224 valence electrons. The summed E-state index contributed by atoms with van der Waals surface area (Å²) in [5, 5.41) is 33.7. The van der Waals surface area contributed by atoms with Crippen molar-refractivity contribution in [3.05, 3.63) is 33.3 Å². The van der Waals surface area contributed by atoms with Gasteiger partial charge in [0.25, 0.3) is 0 Å². The van der Waals surface area contributed by atoms with Crippen LogP contribution in [0.4, 0.5) is 0 Å². The molecular weight excluding hydrogens is 534 g/mol. The van der Waals surface area contributed by atoms with E-state index < -0.39 is 35.6 Å². The van der Waals surface area contributed by atoms with Gasteiger partial charge in [-0.2, -0.15) is 0 Å². The second-order valence-corrected chi connectivity index (χ2v) is 12.6. The summed E-state index contributed by atoms with van der Waals surface area (Å²) >= 11 is 1.35. The second kappa shape index (κ2) is 14.8. The normalized spacial score (nSPS) is 30.2. The molecule has 2 aliphatic heterocycles. The second-order valence-electron chi connectivity index (χ2n) is 11.6. The van der Waals surface area contributed by atoms with E-state index in [1.165, 1.54) is 11.3 Å². The van der Waals surface area contributed by atoms with E-state index in [2.05, 4.69) is 11.1 Å². The van der Waals surface area contributed by atoms with Gasteiger partial charge in [-0.3, -0.25) is 9.59 Å². The van der Waals surface area contributed by atoms with Crippen molar-refractivity contribution >= 4 is 29.2 Å². The zero-order chi connectivity index (χ0) is 29.4. The van der Waals surface area contributed by atoms with E-state index >= 15 is 0 Å². The maximum absolute atomic E-state index is 13.3. The fraction of sp³-hybridized carbons (Fsp3) is 0.700. The molecule has 3 rings (SSSR count). The molecule has 2 aliphatic rings. The third-order valence-electron chi connectivity index (χ3n) is 8.10. The SMILES string of the molecule is CC(=Cc1csc(CO)n1)[C@@H]1CC=C(CC2OCCO2)CCC[C@H](C)[C@H](O)[C@@H](C)C(=O)C(C)(C)[C@@H](O)CC(=O)O1. The highest BCUT2D eigenvalue weighted by atomic mass is 32.1. The van der Waals surface area contributed by atoms with Crippen LogP contribution in [0.5, 0.6) is 0 Å². The number of ketones is 1. The molecule has 0 aliphatic carbocycles. The number of esters is 1. The lowest BCUT2D eigenvalue weighted by atomic mass is 9.73. The van der Waals surface area contributed by atoms with Gasteiger partial charge in [0, 0.05) is 24.1 Å². The van der Waals surface area contributed by atoms with E-state index in [0.717, 1.165) is 30.4 Å². The van der Waals surface area contributed by atoms with Gasteiger partial charge in [-0.05, 0) is 43.8 Å². The van der Waals surface area contributed by atoms with Crippen molar-refractivity contribution in [1.82, 2.24) is 4.98 Å². The summed E-state index contributed by atoms with van der Waals surface area (Å²) in [6, 6.07) is 0. The van der Waals surface area contributed by atoms with Crippen LogP contribution in [-0.4, -0.2) is 69.9 Å². The standard InChI is InChI=1S/C30H45NO8S/c1-18-7-6-8-21(14-27-37-11-12-38-27)9-10-23(19(2)13-22-17-40-25(16-32)31-22)39-26(34)15-24(33)30(4,5)29(36)20(3)28(18)35/h9,13,17-18,20,23-24,27-28,32-33,35H,6-8,10-12,14-16H2,1-5H3/t18-,20+,23-,24-,28-/m0/s1. The monoisotopic (exact) mass is 579 g/mol. The summed E-state index contributed by atoms with van der Waals surface area (Å²) in [6.07, 6.45) is 3.74. The molecule has 5 atom stereocenters. The van der Waals surface area contributed by atoms with Crippen molar-refractivity contribution in [1.29, 1.82) is 0 Å². The Labute approximate surface area is 241 Å². The molecule has 1 fully saturated rings. The highest BCUT2D eigenvalue weighted by molar-refractivity contribution is 7.09. The van der Waals surface area contributed by atoms with Crippen LogP contribution in [0, 0.1) is 17.3 Å². The molecule has 10 heteroatoms. The number of rotatable bonds is 5. The average Bonchev–Trinajstić information content (AvgIpc) is 3.60. The Morgan fingerprint density at radius 3 is 2.55 bits per heavy atom. The topological polar surface area (TPSA) is 135 Å². The average molecular weight is 580 g/mol. The number of aromatic nitrogens is 1. The first kappa shape index (κ1) is 32.6. The van der Waals surface area contributed by atoms with Crippen LogP contribution in [0.15, 0.2) is 22.6 Å². The summed E-state index contributed by atoms with van der Waals surface area (Å²) < 4.78 is 17.3. The molecule has 0 unspecified atom stereocenters. The van der Waals surface area contributed by atoms with Gasteiger partial charge in [0.1, 0.15) is 16.9 Å². The number of hydrogen-bond donors (Lipinski definition) is 3. The predicted octanol–water partition coefficient (Wildman–Crippen LogP) is 4.19. The Hall–Kier alpha value is -1.95. The number of thiazole rings is 1. The van der Waals surface area contributed by atoms with Crippen LogP contribution in [0.2, 0.25) is 0 Å². The first-order valence-corrected chi connectivity index (χ1v) is 15.0. The minimum atomic E-state index is -1.27. The molecule has 0 aromatic carbocycles. The van der Waals surface area contributed by atoms with Crippen molar-refractivity contribution in [2.45, 2.75) is 104 Å². The van der Waals surface area contributed by atoms with Gasteiger partial charge in [-0.15, -0.1) is 11.3 Å². The summed E-state index contributed by atoms with van der Waals surface area (Å²) in [6.45, 7) is 9.66. The predicted molar refractivity (Wildman–Crippen MR) is 152 cm³/mol. The molecule has 0 radical (unpaired) electrons. The number of nitrogens with zero attached hydrogens (tertiary/aromatic N) is 1. The minimum Gasteiger partial charge on any atom is -0.457 e. The number of ether oxygens (including phenoxy) is 3. The first-order chi connectivity index (χ1) is 18.9. The van der Waals surface area contributed by atoms with E-state index in [0.29, 0.717) is 36.8 Å². The summed E-state index contributed by atoms with van der Waals surface area (Å²) in [4.78, 5) is 30.8. The van der Waals surface area contributed by atoms with Crippen molar-refractivity contribution in [3.8, 4) is 0 Å². The highest BCUT2D eigenvalue weighted by Crippen LogP contribution is 2.33. The quantitative estimate of drug-likeness (QED) is 0.347. The lowest BCUT2D eigenvalue weighted by Gasteiger charge is -2.34. The Kier molecular flexibility index (Phi) is 12.0. The molecule has 0 spiro atoms. The fourth-order valence-electron chi connectivity index (χ4n) is 5.26. The lowest BCUT2D eigenvalue weighted by molar-refractivity contribution is -0.154. The van der Waals surface area contributed by atoms with Crippen molar-refractivity contribution in [2.75, 3.05) is 13.2 Å². The number of cyclic esters (lactones) is 1. The smallest absolute Gasteiger partial charge is 0.309 e. The molecule has 40 heavy (non-hydrogen) atoms. The maximum atomic E-state index is 13.3. The highest BCUT2D eigenvalue weighted by Gasteiger charge is 2.42. The van der Waals surface area contributed by atoms with Crippen LogP contribution < -0.4 is 0 Å². The molecule has 0 bridgehead atoms. The van der Waals surface area contributed by atoms with Gasteiger partial charge in [0.15, 0.2) is 6.29 Å². The van der Waals surface area contributed by atoms with Crippen LogP contribution in [-0.2, 0) is 30.4 Å². The number of carbonyl (C=O) groups excluding carboxylic acids is 2. The number of hydrogen-bond acceptors (Lipinski definition) is 10. The molecule has 3 N–H and O–H groups in total. The lowest BCUT2D eigenvalue weighted by Crippen LogP contribution is -2.45. The van der Waals surface area contributed by atoms with Gasteiger partial charge >= 0.3 is 5.97 Å². The number of aliphatic hydroxyl groups excluding tert-OH is 3. The van der Waals surface area contributed by atoms with Gasteiger partial charge in [0.05, 0.1) is 49.6 Å². The number of aliphatic hydroxyl groups is 3. The fourth-order valence-corrected chi connectivity index (χ4v) is 5.87. The molecule has 1 aromatic heterocycles. The van der Waals surface area contributed by atoms with Crippen LogP contribution >= 0.6 is 11.3 Å². The summed E-state index contributed by atoms with van der Waals surface area (Å²) in [7, 11) is 0.